The van der Waals surface area contributed by atoms with Gasteiger partial charge in [0.25, 0.3) is 5.95 Å². The van der Waals surface area contributed by atoms with Gasteiger partial charge in [0, 0.05) is 13.1 Å². The quantitative estimate of drug-likeness (QED) is 0.717. The fourth-order valence-corrected chi connectivity index (χ4v) is 1.51. The highest BCUT2D eigenvalue weighted by atomic mass is 16.7. The van der Waals surface area contributed by atoms with Crippen molar-refractivity contribution >= 4 is 11.9 Å². The van der Waals surface area contributed by atoms with Crippen molar-refractivity contribution in [3.05, 3.63) is 6.33 Å². The molecule has 1 aromatic heterocycles. The maximum atomic E-state index is 5.26. The second-order valence-electron chi connectivity index (χ2n) is 4.36. The average Bonchev–Trinajstić information content (AvgIpc) is 2.36. The predicted octanol–water partition coefficient (Wildman–Crippen LogP) is 2.25. The Morgan fingerprint density at radius 2 is 1.89 bits per heavy atom. The van der Waals surface area contributed by atoms with E-state index in [1.807, 2.05) is 13.8 Å². The van der Waals surface area contributed by atoms with Gasteiger partial charge in [0.1, 0.15) is 6.33 Å². The molecule has 1 aromatic rings. The normalized spacial score (nSPS) is 10.7. The van der Waals surface area contributed by atoms with Crippen molar-refractivity contribution < 1.29 is 4.84 Å². The van der Waals surface area contributed by atoms with Gasteiger partial charge in [-0.15, -0.1) is 0 Å². The number of rotatable bonds is 8. The monoisotopic (exact) mass is 253 g/mol. The Morgan fingerprint density at radius 3 is 2.44 bits per heavy atom. The van der Waals surface area contributed by atoms with E-state index in [-0.39, 0.29) is 6.10 Å². The van der Waals surface area contributed by atoms with E-state index in [1.54, 1.807) is 0 Å². The van der Waals surface area contributed by atoms with Gasteiger partial charge in [0.2, 0.25) is 5.95 Å². The average molecular weight is 253 g/mol. The summed E-state index contributed by atoms with van der Waals surface area (Å²) >= 11 is 0. The van der Waals surface area contributed by atoms with Gasteiger partial charge in [-0.1, -0.05) is 13.8 Å². The molecule has 1 heterocycles. The van der Waals surface area contributed by atoms with Crippen LogP contribution in [0.15, 0.2) is 6.33 Å². The zero-order valence-corrected chi connectivity index (χ0v) is 11.7. The lowest BCUT2D eigenvalue weighted by Crippen LogP contribution is -2.27. The lowest BCUT2D eigenvalue weighted by atomic mass is 10.4. The summed E-state index contributed by atoms with van der Waals surface area (Å²) in [5, 5.41) is 0. The lowest BCUT2D eigenvalue weighted by Gasteiger charge is -2.21. The number of hydrogen-bond donors (Lipinski definition) is 1. The van der Waals surface area contributed by atoms with Gasteiger partial charge in [-0.05, 0) is 26.7 Å². The van der Waals surface area contributed by atoms with Gasteiger partial charge in [0.05, 0.1) is 6.10 Å². The molecule has 0 bridgehead atoms. The first-order chi connectivity index (χ1) is 8.67. The van der Waals surface area contributed by atoms with E-state index in [0.717, 1.165) is 25.9 Å². The number of aromatic nitrogens is 3. The van der Waals surface area contributed by atoms with Crippen LogP contribution in [0.3, 0.4) is 0 Å². The standard InChI is InChI=1S/C12H23N5O/c1-5-7-17(8-6-2)12-14-9-13-11(15-12)16-18-10(3)4/h9-10H,5-8H2,1-4H3,(H,13,14,15,16). The van der Waals surface area contributed by atoms with Gasteiger partial charge in [0.15, 0.2) is 0 Å². The highest BCUT2D eigenvalue weighted by Crippen LogP contribution is 2.10. The Bertz CT molecular complexity index is 339. The van der Waals surface area contributed by atoms with Crippen molar-refractivity contribution in [1.29, 1.82) is 0 Å². The second kappa shape index (κ2) is 7.81. The molecule has 6 nitrogen and oxygen atoms in total. The molecule has 0 aliphatic heterocycles. The fraction of sp³-hybridized carbons (Fsp3) is 0.750. The van der Waals surface area contributed by atoms with Crippen LogP contribution in [0.2, 0.25) is 0 Å². The van der Waals surface area contributed by atoms with E-state index in [2.05, 4.69) is 39.2 Å². The van der Waals surface area contributed by atoms with Crippen molar-refractivity contribution in [3.8, 4) is 0 Å². The minimum Gasteiger partial charge on any atom is -0.341 e. The third-order valence-electron chi connectivity index (χ3n) is 2.21. The van der Waals surface area contributed by atoms with Crippen molar-refractivity contribution in [3.63, 3.8) is 0 Å². The summed E-state index contributed by atoms with van der Waals surface area (Å²) in [6, 6.07) is 0. The molecule has 0 amide bonds. The zero-order valence-electron chi connectivity index (χ0n) is 11.7. The number of nitrogens with one attached hydrogen (secondary N) is 1. The summed E-state index contributed by atoms with van der Waals surface area (Å²) in [6.07, 6.45) is 3.72. The maximum Gasteiger partial charge on any atom is 0.251 e. The molecule has 0 aliphatic carbocycles. The third-order valence-corrected chi connectivity index (χ3v) is 2.21. The molecule has 1 rings (SSSR count). The Balaban J connectivity index is 2.71. The second-order valence-corrected chi connectivity index (χ2v) is 4.36. The van der Waals surface area contributed by atoms with Crippen LogP contribution in [0, 0.1) is 0 Å². The van der Waals surface area contributed by atoms with Crippen LogP contribution >= 0.6 is 0 Å². The Morgan fingerprint density at radius 1 is 1.22 bits per heavy atom. The first kappa shape index (κ1) is 14.6. The van der Waals surface area contributed by atoms with E-state index < -0.39 is 0 Å². The summed E-state index contributed by atoms with van der Waals surface area (Å²) < 4.78 is 0. The molecule has 0 aromatic carbocycles. The van der Waals surface area contributed by atoms with Gasteiger partial charge in [-0.25, -0.2) is 10.5 Å². The van der Waals surface area contributed by atoms with Crippen LogP contribution in [0.5, 0.6) is 0 Å². The smallest absolute Gasteiger partial charge is 0.251 e. The SMILES string of the molecule is CCCN(CCC)c1ncnc(NOC(C)C)n1. The van der Waals surface area contributed by atoms with Crippen molar-refractivity contribution in [1.82, 2.24) is 15.0 Å². The third kappa shape index (κ3) is 4.83. The molecule has 6 heteroatoms. The summed E-state index contributed by atoms with van der Waals surface area (Å²) in [4.78, 5) is 20.0. The molecule has 18 heavy (non-hydrogen) atoms. The molecule has 0 atom stereocenters. The van der Waals surface area contributed by atoms with Crippen LogP contribution in [0.25, 0.3) is 0 Å². The van der Waals surface area contributed by atoms with Crippen LogP contribution in [0.1, 0.15) is 40.5 Å². The topological polar surface area (TPSA) is 63.2 Å². The molecule has 0 spiro atoms. The minimum atomic E-state index is 0.0765. The molecule has 0 saturated heterocycles. The van der Waals surface area contributed by atoms with Gasteiger partial charge in [-0.3, -0.25) is 4.84 Å². The molecule has 0 radical (unpaired) electrons. The highest BCUT2D eigenvalue weighted by Gasteiger charge is 2.09. The maximum absolute atomic E-state index is 5.26. The lowest BCUT2D eigenvalue weighted by molar-refractivity contribution is 0.128. The molecule has 0 fully saturated rings. The largest absolute Gasteiger partial charge is 0.341 e. The number of nitrogens with zero attached hydrogens (tertiary/aromatic N) is 4. The first-order valence-corrected chi connectivity index (χ1v) is 6.53. The van der Waals surface area contributed by atoms with Crippen molar-refractivity contribution in [2.45, 2.75) is 46.6 Å². The molecule has 1 N–H and O–H groups in total. The first-order valence-electron chi connectivity index (χ1n) is 6.53. The van der Waals surface area contributed by atoms with E-state index in [9.17, 15) is 0 Å². The minimum absolute atomic E-state index is 0.0765. The Kier molecular flexibility index (Phi) is 6.35. The molecule has 0 aliphatic rings. The summed E-state index contributed by atoms with van der Waals surface area (Å²) in [5.74, 6) is 1.15. The summed E-state index contributed by atoms with van der Waals surface area (Å²) in [5.41, 5.74) is 2.73. The highest BCUT2D eigenvalue weighted by molar-refractivity contribution is 5.34. The van der Waals surface area contributed by atoms with E-state index in [4.69, 9.17) is 4.84 Å². The number of hydrogen-bond acceptors (Lipinski definition) is 6. The van der Waals surface area contributed by atoms with Crippen molar-refractivity contribution in [2.24, 2.45) is 0 Å². The fourth-order valence-electron chi connectivity index (χ4n) is 1.51. The molecular weight excluding hydrogens is 230 g/mol. The van der Waals surface area contributed by atoms with Gasteiger partial charge >= 0.3 is 0 Å². The van der Waals surface area contributed by atoms with E-state index >= 15 is 0 Å². The van der Waals surface area contributed by atoms with E-state index in [0.29, 0.717) is 11.9 Å². The predicted molar refractivity (Wildman–Crippen MR) is 72.5 cm³/mol. The van der Waals surface area contributed by atoms with E-state index in [1.165, 1.54) is 6.33 Å². The summed E-state index contributed by atoms with van der Waals surface area (Å²) in [6.45, 7) is 10.1. The van der Waals surface area contributed by atoms with Crippen molar-refractivity contribution in [2.75, 3.05) is 23.5 Å². The Hall–Kier alpha value is -1.43. The molecule has 0 unspecified atom stereocenters. The Labute approximate surface area is 109 Å². The van der Waals surface area contributed by atoms with Crippen LogP contribution in [0.4, 0.5) is 11.9 Å². The van der Waals surface area contributed by atoms with Crippen LogP contribution in [-0.4, -0.2) is 34.1 Å². The summed E-state index contributed by atoms with van der Waals surface area (Å²) in [7, 11) is 0. The zero-order chi connectivity index (χ0) is 13.4. The van der Waals surface area contributed by atoms with Gasteiger partial charge < -0.3 is 4.90 Å². The molecular formula is C12H23N5O. The molecule has 102 valence electrons. The number of anilines is 2. The van der Waals surface area contributed by atoms with Crippen LogP contribution in [-0.2, 0) is 4.84 Å². The van der Waals surface area contributed by atoms with Crippen LogP contribution < -0.4 is 10.4 Å². The van der Waals surface area contributed by atoms with Gasteiger partial charge in [-0.2, -0.15) is 9.97 Å². The molecule has 0 saturated carbocycles.